The van der Waals surface area contributed by atoms with Crippen LogP contribution in [-0.4, -0.2) is 12.9 Å². The van der Waals surface area contributed by atoms with Gasteiger partial charge in [0.15, 0.2) is 0 Å². The van der Waals surface area contributed by atoms with Gasteiger partial charge in [-0.15, -0.1) is 0 Å². The summed E-state index contributed by atoms with van der Waals surface area (Å²) < 4.78 is 0. The maximum absolute atomic E-state index is 10.0. The smallest absolute Gasteiger partial charge is 0.122 e. The van der Waals surface area contributed by atoms with Gasteiger partial charge >= 0.3 is 0 Å². The van der Waals surface area contributed by atoms with Gasteiger partial charge in [-0.2, -0.15) is 4.91 Å². The second-order valence-corrected chi connectivity index (χ2v) is 2.84. The summed E-state index contributed by atoms with van der Waals surface area (Å²) in [6, 6.07) is 5.27. The predicted octanol–water partition coefficient (Wildman–Crippen LogP) is 2.15. The third kappa shape index (κ3) is 6.42. The zero-order chi connectivity index (χ0) is 13.8. The lowest BCUT2D eigenvalue weighted by Crippen LogP contribution is -2.11. The fourth-order valence-electron chi connectivity index (χ4n) is 1.11. The first kappa shape index (κ1) is 17.6. The molecule has 5 N–H and O–H groups in total. The molecular weight excluding hydrogens is 216 g/mol. The van der Waals surface area contributed by atoms with Crippen molar-refractivity contribution in [2.45, 2.75) is 27.3 Å². The van der Waals surface area contributed by atoms with Crippen LogP contribution in [0.5, 0.6) is 0 Å². The van der Waals surface area contributed by atoms with Crippen LogP contribution in [0, 0.1) is 17.2 Å². The Morgan fingerprint density at radius 3 is 2.24 bits per heavy atom. The number of amidine groups is 1. The number of hydrogen-bond acceptors (Lipinski definition) is 4. The minimum absolute atomic E-state index is 0.0358. The molecule has 5 heteroatoms. The van der Waals surface area contributed by atoms with Crippen LogP contribution >= 0.6 is 0 Å². The highest BCUT2D eigenvalue weighted by atomic mass is 16.3. The number of nitrogens with two attached hydrogens (primary N) is 2. The Hall–Kier alpha value is -1.75. The van der Waals surface area contributed by atoms with E-state index in [4.69, 9.17) is 11.1 Å². The lowest BCUT2D eigenvalue weighted by atomic mass is 10.0. The SMILES string of the molecule is CC.CN.Cc1cc(C(=N)N)ccc1CN=O. The lowest BCUT2D eigenvalue weighted by molar-refractivity contribution is 1.03. The van der Waals surface area contributed by atoms with Gasteiger partial charge in [-0.1, -0.05) is 31.2 Å². The number of aryl methyl sites for hydroxylation is 1. The summed E-state index contributed by atoms with van der Waals surface area (Å²) >= 11 is 0. The van der Waals surface area contributed by atoms with Gasteiger partial charge in [0, 0.05) is 5.56 Å². The summed E-state index contributed by atoms with van der Waals surface area (Å²) in [7, 11) is 1.50. The molecule has 0 spiro atoms. The first-order chi connectivity index (χ1) is 8.15. The van der Waals surface area contributed by atoms with E-state index in [2.05, 4.69) is 10.9 Å². The van der Waals surface area contributed by atoms with Crippen molar-refractivity contribution in [3.05, 3.63) is 39.8 Å². The third-order valence-electron chi connectivity index (χ3n) is 1.89. The Morgan fingerprint density at radius 2 is 1.88 bits per heavy atom. The first-order valence-electron chi connectivity index (χ1n) is 5.46. The lowest BCUT2D eigenvalue weighted by Gasteiger charge is -2.03. The van der Waals surface area contributed by atoms with Crippen LogP contribution in [0.15, 0.2) is 23.4 Å². The molecule has 5 nitrogen and oxygen atoms in total. The molecule has 0 saturated heterocycles. The minimum atomic E-state index is 0.0358. The van der Waals surface area contributed by atoms with Crippen LogP contribution in [0.2, 0.25) is 0 Å². The van der Waals surface area contributed by atoms with E-state index in [1.165, 1.54) is 7.05 Å². The number of nitrogens with zero attached hydrogens (tertiary/aromatic N) is 1. The van der Waals surface area contributed by atoms with E-state index in [1.54, 1.807) is 18.2 Å². The summed E-state index contributed by atoms with van der Waals surface area (Å²) in [6.07, 6.45) is 0. The second-order valence-electron chi connectivity index (χ2n) is 2.84. The van der Waals surface area contributed by atoms with Gasteiger partial charge in [0.05, 0.1) is 0 Å². The van der Waals surface area contributed by atoms with Crippen molar-refractivity contribution in [3.8, 4) is 0 Å². The molecule has 96 valence electrons. The van der Waals surface area contributed by atoms with Crippen LogP contribution in [0.3, 0.4) is 0 Å². The largest absolute Gasteiger partial charge is 0.384 e. The zero-order valence-corrected chi connectivity index (χ0v) is 10.9. The average Bonchev–Trinajstić information content (AvgIpc) is 2.37. The Bertz CT molecular complexity index is 350. The molecule has 0 radical (unpaired) electrons. The predicted molar refractivity (Wildman–Crippen MR) is 73.2 cm³/mol. The monoisotopic (exact) mass is 238 g/mol. The molecular formula is C12H22N4O. The van der Waals surface area contributed by atoms with Crippen molar-refractivity contribution in [1.29, 1.82) is 5.41 Å². The van der Waals surface area contributed by atoms with Gasteiger partial charge in [-0.05, 0) is 31.2 Å². The van der Waals surface area contributed by atoms with Crippen molar-refractivity contribution in [3.63, 3.8) is 0 Å². The number of nitroso groups, excluding NO2 is 1. The van der Waals surface area contributed by atoms with Crippen molar-refractivity contribution < 1.29 is 0 Å². The molecule has 0 amide bonds. The molecule has 0 aliphatic heterocycles. The quantitative estimate of drug-likeness (QED) is 0.426. The van der Waals surface area contributed by atoms with E-state index < -0.39 is 0 Å². The zero-order valence-electron chi connectivity index (χ0n) is 10.9. The summed E-state index contributed by atoms with van der Waals surface area (Å²) in [4.78, 5) is 10.0. The van der Waals surface area contributed by atoms with E-state index in [-0.39, 0.29) is 12.4 Å². The summed E-state index contributed by atoms with van der Waals surface area (Å²) in [6.45, 7) is 6.04. The van der Waals surface area contributed by atoms with Crippen LogP contribution in [-0.2, 0) is 6.54 Å². The van der Waals surface area contributed by atoms with Crippen LogP contribution in [0.1, 0.15) is 30.5 Å². The van der Waals surface area contributed by atoms with Crippen LogP contribution in [0.25, 0.3) is 0 Å². The van der Waals surface area contributed by atoms with E-state index in [0.717, 1.165) is 11.1 Å². The molecule has 0 unspecified atom stereocenters. The van der Waals surface area contributed by atoms with E-state index in [1.807, 2.05) is 20.8 Å². The topological polar surface area (TPSA) is 105 Å². The normalized spacial score (nSPS) is 8.06. The minimum Gasteiger partial charge on any atom is -0.384 e. The van der Waals surface area contributed by atoms with Crippen molar-refractivity contribution in [2.24, 2.45) is 16.6 Å². The van der Waals surface area contributed by atoms with Gasteiger partial charge in [-0.25, -0.2) is 0 Å². The molecule has 1 aromatic rings. The fourth-order valence-corrected chi connectivity index (χ4v) is 1.11. The highest BCUT2D eigenvalue weighted by molar-refractivity contribution is 5.95. The molecule has 0 aromatic heterocycles. The standard InChI is InChI=1S/C9H11N3O.C2H6.CH5N/c1-6-4-7(9(10)11)2-3-8(6)5-12-13;2*1-2/h2-4H,5H2,1H3,(H3,10,11);1-2H3;2H2,1H3. The molecule has 1 rings (SSSR count). The Labute approximate surface area is 103 Å². The van der Waals surface area contributed by atoms with Gasteiger partial charge in [0.1, 0.15) is 12.4 Å². The molecule has 17 heavy (non-hydrogen) atoms. The second kappa shape index (κ2) is 10.8. The fraction of sp³-hybridized carbons (Fsp3) is 0.417. The van der Waals surface area contributed by atoms with Gasteiger partial charge in [-0.3, -0.25) is 5.41 Å². The molecule has 0 aliphatic carbocycles. The van der Waals surface area contributed by atoms with E-state index in [0.29, 0.717) is 5.56 Å². The molecule has 0 fully saturated rings. The van der Waals surface area contributed by atoms with Gasteiger partial charge in [0.25, 0.3) is 0 Å². The summed E-state index contributed by atoms with van der Waals surface area (Å²) in [5.41, 5.74) is 12.3. The molecule has 0 bridgehead atoms. The number of nitrogens with one attached hydrogen (secondary N) is 1. The maximum Gasteiger partial charge on any atom is 0.122 e. The van der Waals surface area contributed by atoms with Gasteiger partial charge in [0.2, 0.25) is 0 Å². The molecule has 0 atom stereocenters. The van der Waals surface area contributed by atoms with Crippen LogP contribution < -0.4 is 11.5 Å². The Kier molecular flexibility index (Phi) is 11.2. The van der Waals surface area contributed by atoms with E-state index >= 15 is 0 Å². The highest BCUT2D eigenvalue weighted by Gasteiger charge is 2.01. The summed E-state index contributed by atoms with van der Waals surface area (Å²) in [5, 5.41) is 10.0. The maximum atomic E-state index is 10.0. The van der Waals surface area contributed by atoms with Crippen molar-refractivity contribution in [2.75, 3.05) is 7.05 Å². The van der Waals surface area contributed by atoms with Gasteiger partial charge < -0.3 is 11.5 Å². The number of rotatable bonds is 3. The number of hydrogen-bond donors (Lipinski definition) is 3. The average molecular weight is 238 g/mol. The Balaban J connectivity index is 0. The Morgan fingerprint density at radius 1 is 1.35 bits per heavy atom. The number of benzene rings is 1. The third-order valence-corrected chi connectivity index (χ3v) is 1.89. The molecule has 1 aromatic carbocycles. The summed E-state index contributed by atoms with van der Waals surface area (Å²) in [5.74, 6) is 0.0358. The number of nitrogen functional groups attached to an aromatic ring is 1. The van der Waals surface area contributed by atoms with Crippen molar-refractivity contribution in [1.82, 2.24) is 0 Å². The van der Waals surface area contributed by atoms with Crippen LogP contribution in [0.4, 0.5) is 0 Å². The van der Waals surface area contributed by atoms with E-state index in [9.17, 15) is 4.91 Å². The van der Waals surface area contributed by atoms with Crippen molar-refractivity contribution >= 4 is 5.84 Å². The highest BCUT2D eigenvalue weighted by Crippen LogP contribution is 2.11. The molecule has 0 heterocycles. The molecule has 0 saturated carbocycles. The molecule has 0 aliphatic rings. The first-order valence-corrected chi connectivity index (χ1v) is 5.46.